The molecular weight excluding hydrogens is 463 g/mol. The number of nitrogens with one attached hydrogen (secondary N) is 1. The van der Waals surface area contributed by atoms with Crippen LogP contribution >= 0.6 is 0 Å². The topological polar surface area (TPSA) is 105 Å². The Morgan fingerprint density at radius 1 is 1.19 bits per heavy atom. The number of H-pyrrole nitrogens is 1. The number of benzene rings is 1. The second-order valence-corrected chi connectivity index (χ2v) is 10.0. The number of likely N-dealkylation sites (tertiary alicyclic amines) is 1. The van der Waals surface area contributed by atoms with E-state index in [0.29, 0.717) is 18.8 Å². The van der Waals surface area contributed by atoms with Crippen LogP contribution in [0, 0.1) is 5.92 Å². The highest BCUT2D eigenvalue weighted by Gasteiger charge is 2.35. The van der Waals surface area contributed by atoms with Gasteiger partial charge >= 0.3 is 0 Å². The fraction of sp³-hybridized carbons (Fsp3) is 0.346. The molecule has 1 aliphatic rings. The molecule has 3 aromatic heterocycles. The van der Waals surface area contributed by atoms with Gasteiger partial charge in [-0.3, -0.25) is 23.9 Å². The van der Waals surface area contributed by atoms with Gasteiger partial charge in [0.15, 0.2) is 11.5 Å². The lowest BCUT2D eigenvalue weighted by molar-refractivity contribution is 0.0455. The molecule has 0 radical (unpaired) electrons. The van der Waals surface area contributed by atoms with Crippen molar-refractivity contribution in [1.82, 2.24) is 29.5 Å². The van der Waals surface area contributed by atoms with Gasteiger partial charge in [0, 0.05) is 31.4 Å². The highest BCUT2D eigenvalue weighted by molar-refractivity contribution is 6.05. The Hall–Kier alpha value is -4.08. The van der Waals surface area contributed by atoms with Crippen LogP contribution in [0.25, 0.3) is 17.0 Å². The van der Waals surface area contributed by atoms with E-state index in [4.69, 9.17) is 4.74 Å². The second kappa shape index (κ2) is 9.18. The lowest BCUT2D eigenvalue weighted by atomic mass is 9.87. The van der Waals surface area contributed by atoms with Crippen LogP contribution < -0.4 is 10.3 Å². The van der Waals surface area contributed by atoms with Gasteiger partial charge in [0.25, 0.3) is 11.5 Å². The molecule has 0 bridgehead atoms. The molecule has 4 aromatic rings. The number of alkyl halides is 1. The van der Waals surface area contributed by atoms with Crippen molar-refractivity contribution in [2.24, 2.45) is 5.92 Å². The van der Waals surface area contributed by atoms with Gasteiger partial charge in [0.1, 0.15) is 23.6 Å². The average molecular weight is 491 g/mol. The van der Waals surface area contributed by atoms with Crippen LogP contribution in [0.5, 0.6) is 5.88 Å². The van der Waals surface area contributed by atoms with Crippen molar-refractivity contribution in [2.75, 3.05) is 19.8 Å². The first-order chi connectivity index (χ1) is 17.2. The Bertz CT molecular complexity index is 1450. The summed E-state index contributed by atoms with van der Waals surface area (Å²) in [7, 11) is 0. The number of nitrogens with zero attached hydrogens (tertiary/aromatic N) is 5. The molecule has 186 valence electrons. The largest absolute Gasteiger partial charge is 0.474 e. The van der Waals surface area contributed by atoms with Gasteiger partial charge in [0.2, 0.25) is 0 Å². The molecule has 9 nitrogen and oxygen atoms in total. The average Bonchev–Trinajstić information content (AvgIpc) is 3.22. The first kappa shape index (κ1) is 23.7. The summed E-state index contributed by atoms with van der Waals surface area (Å²) in [4.78, 5) is 39.2. The quantitative estimate of drug-likeness (QED) is 0.444. The summed E-state index contributed by atoms with van der Waals surface area (Å²) in [6, 6.07) is 9.39. The number of carbonyl (C=O) groups is 1. The lowest BCUT2D eigenvalue weighted by Gasteiger charge is -2.37. The molecule has 1 N–H and O–H groups in total. The number of rotatable bonds is 6. The maximum Gasteiger partial charge on any atom is 0.278 e. The number of aromatic nitrogens is 5. The van der Waals surface area contributed by atoms with Gasteiger partial charge < -0.3 is 14.6 Å². The Balaban J connectivity index is 1.50. The predicted octanol–water partition coefficient (Wildman–Crippen LogP) is 3.40. The fourth-order valence-corrected chi connectivity index (χ4v) is 4.15. The van der Waals surface area contributed by atoms with E-state index >= 15 is 0 Å². The van der Waals surface area contributed by atoms with E-state index in [0.717, 1.165) is 10.1 Å². The van der Waals surface area contributed by atoms with Crippen LogP contribution in [-0.4, -0.2) is 55.1 Å². The van der Waals surface area contributed by atoms with Crippen molar-refractivity contribution >= 4 is 11.6 Å². The third kappa shape index (κ3) is 4.46. The first-order valence-electron chi connectivity index (χ1n) is 11.7. The first-order valence-corrected chi connectivity index (χ1v) is 11.7. The summed E-state index contributed by atoms with van der Waals surface area (Å²) in [6.45, 7) is 6.80. The molecular formula is C26H27FN6O3. The number of hydrogen-bond acceptors (Lipinski definition) is 6. The zero-order valence-corrected chi connectivity index (χ0v) is 20.4. The minimum absolute atomic E-state index is 0.0438. The van der Waals surface area contributed by atoms with Crippen molar-refractivity contribution < 1.29 is 13.9 Å². The normalized spacial score (nSPS) is 14.2. The Kier molecular flexibility index (Phi) is 6.03. The van der Waals surface area contributed by atoms with Crippen molar-refractivity contribution in [3.63, 3.8) is 0 Å². The van der Waals surface area contributed by atoms with Gasteiger partial charge in [-0.2, -0.15) is 9.61 Å². The molecule has 5 rings (SSSR count). The molecule has 1 aromatic carbocycles. The molecule has 1 fully saturated rings. The zero-order chi connectivity index (χ0) is 25.4. The van der Waals surface area contributed by atoms with Crippen LogP contribution in [0.4, 0.5) is 4.39 Å². The molecule has 36 heavy (non-hydrogen) atoms. The number of ether oxygens (including phenoxy) is 1. The molecule has 4 heterocycles. The minimum Gasteiger partial charge on any atom is -0.474 e. The molecule has 1 saturated heterocycles. The number of amides is 1. The highest BCUT2D eigenvalue weighted by atomic mass is 19.1. The Morgan fingerprint density at radius 2 is 1.94 bits per heavy atom. The van der Waals surface area contributed by atoms with E-state index < -0.39 is 12.2 Å². The molecule has 0 unspecified atom stereocenters. The van der Waals surface area contributed by atoms with E-state index in [1.165, 1.54) is 35.1 Å². The number of carbonyl (C=O) groups excluding carboxylic acids is 1. The zero-order valence-electron chi connectivity index (χ0n) is 20.4. The molecule has 0 atom stereocenters. The van der Waals surface area contributed by atoms with Crippen LogP contribution in [0.2, 0.25) is 0 Å². The van der Waals surface area contributed by atoms with E-state index in [-0.39, 0.29) is 46.6 Å². The minimum atomic E-state index is -0.485. The van der Waals surface area contributed by atoms with Crippen molar-refractivity contribution in [1.29, 1.82) is 0 Å². The smallest absolute Gasteiger partial charge is 0.278 e. The number of halogens is 1. The van der Waals surface area contributed by atoms with E-state index in [9.17, 15) is 14.0 Å². The van der Waals surface area contributed by atoms with E-state index in [1.807, 2.05) is 12.1 Å². The number of hydrogen-bond donors (Lipinski definition) is 1. The van der Waals surface area contributed by atoms with Crippen LogP contribution in [0.3, 0.4) is 0 Å². The van der Waals surface area contributed by atoms with Crippen LogP contribution in [-0.2, 0) is 12.0 Å². The molecule has 0 aliphatic carbocycles. The molecule has 0 saturated carbocycles. The number of aromatic amines is 1. The molecule has 0 spiro atoms. The fourth-order valence-electron chi connectivity index (χ4n) is 4.15. The van der Waals surface area contributed by atoms with Gasteiger partial charge in [0.05, 0.1) is 18.9 Å². The van der Waals surface area contributed by atoms with Crippen LogP contribution in [0.15, 0.2) is 53.7 Å². The van der Waals surface area contributed by atoms with E-state index in [1.54, 1.807) is 0 Å². The van der Waals surface area contributed by atoms with Crippen molar-refractivity contribution in [2.45, 2.75) is 32.8 Å². The van der Waals surface area contributed by atoms with Gasteiger partial charge in [-0.25, -0.2) is 0 Å². The second-order valence-electron chi connectivity index (χ2n) is 10.0. The van der Waals surface area contributed by atoms with E-state index in [2.05, 4.69) is 53.0 Å². The van der Waals surface area contributed by atoms with Gasteiger partial charge in [-0.1, -0.05) is 45.0 Å². The van der Waals surface area contributed by atoms with Crippen molar-refractivity contribution in [3.8, 4) is 17.3 Å². The molecule has 1 aliphatic heterocycles. The third-order valence-electron chi connectivity index (χ3n) is 6.29. The summed E-state index contributed by atoms with van der Waals surface area (Å²) in [5.74, 6) is -0.336. The predicted molar refractivity (Wildman–Crippen MR) is 132 cm³/mol. The van der Waals surface area contributed by atoms with Gasteiger partial charge in [-0.05, 0) is 16.5 Å². The summed E-state index contributed by atoms with van der Waals surface area (Å²) in [5, 5.41) is 4.37. The van der Waals surface area contributed by atoms with Gasteiger partial charge in [-0.15, -0.1) is 0 Å². The maximum absolute atomic E-state index is 13.4. The maximum atomic E-state index is 13.4. The van der Waals surface area contributed by atoms with Crippen molar-refractivity contribution in [3.05, 3.63) is 76.0 Å². The third-order valence-corrected chi connectivity index (χ3v) is 6.29. The number of fused-ring (bicyclic) bond motifs is 1. The molecule has 10 heteroatoms. The Labute approximate surface area is 207 Å². The van der Waals surface area contributed by atoms with Crippen LogP contribution in [0.1, 0.15) is 42.3 Å². The summed E-state index contributed by atoms with van der Waals surface area (Å²) in [5.41, 5.74) is 2.66. The SMILES string of the molecule is CC(C)(C)c1ccc(COc2cc(=O)n3nc(-c4cnccn4)c(C(=O)N4CC(CF)C4)c3[nH]2)cc1. The monoisotopic (exact) mass is 490 g/mol. The summed E-state index contributed by atoms with van der Waals surface area (Å²) < 4.78 is 20.0. The standard InChI is InChI=1S/C26H27FN6O3/c1-26(2,3)18-6-4-16(5-7-18)15-36-20-10-21(34)33-24(30-20)22(25(35)32-13-17(11-27)14-32)23(31-33)19-12-28-8-9-29-19/h4-10,12,17,30H,11,13-15H2,1-3H3. The summed E-state index contributed by atoms with van der Waals surface area (Å²) >= 11 is 0. The highest BCUT2D eigenvalue weighted by Crippen LogP contribution is 2.28. The summed E-state index contributed by atoms with van der Waals surface area (Å²) in [6.07, 6.45) is 4.47. The molecule has 1 amide bonds. The Morgan fingerprint density at radius 3 is 2.58 bits per heavy atom. The lowest BCUT2D eigenvalue weighted by Crippen LogP contribution is -2.50.